The lowest BCUT2D eigenvalue weighted by atomic mass is 9.45. The Hall–Kier alpha value is -2.12. The van der Waals surface area contributed by atoms with E-state index in [1.165, 1.54) is 11.6 Å². The van der Waals surface area contributed by atoms with E-state index in [-0.39, 0.29) is 40.5 Å². The molecule has 1 saturated heterocycles. The number of hydrogen-bond acceptors (Lipinski definition) is 6. The van der Waals surface area contributed by atoms with Crippen molar-refractivity contribution in [3.8, 4) is 0 Å². The van der Waals surface area contributed by atoms with Crippen LogP contribution < -0.4 is 10.9 Å². The van der Waals surface area contributed by atoms with Gasteiger partial charge in [0.2, 0.25) is 0 Å². The van der Waals surface area contributed by atoms with Gasteiger partial charge in [-0.2, -0.15) is 0 Å². The molecule has 1 aromatic rings. The van der Waals surface area contributed by atoms with Crippen molar-refractivity contribution in [1.82, 2.24) is 10.2 Å². The number of carbonyl (C=O) groups is 1. The summed E-state index contributed by atoms with van der Waals surface area (Å²) in [6.07, 6.45) is 11.1. The number of amides is 1. The van der Waals surface area contributed by atoms with Crippen molar-refractivity contribution in [3.05, 3.63) is 46.0 Å². The number of allylic oxidation sites excluding steroid dienone is 1. The summed E-state index contributed by atoms with van der Waals surface area (Å²) in [7, 11) is 0. The molecule has 0 spiro atoms. The highest BCUT2D eigenvalue weighted by Crippen LogP contribution is 2.70. The van der Waals surface area contributed by atoms with Crippen molar-refractivity contribution in [3.63, 3.8) is 0 Å². The van der Waals surface area contributed by atoms with E-state index in [0.29, 0.717) is 19.0 Å². The van der Waals surface area contributed by atoms with Crippen molar-refractivity contribution >= 4 is 6.09 Å². The molecule has 3 saturated carbocycles. The highest BCUT2D eigenvalue weighted by molar-refractivity contribution is 5.68. The Morgan fingerprint density at radius 2 is 1.89 bits per heavy atom. The van der Waals surface area contributed by atoms with Gasteiger partial charge in [0, 0.05) is 37.7 Å². The van der Waals surface area contributed by atoms with E-state index in [1.807, 2.05) is 11.0 Å². The van der Waals surface area contributed by atoms with Crippen molar-refractivity contribution in [2.75, 3.05) is 26.2 Å². The predicted octanol–water partition coefficient (Wildman–Crippen LogP) is 4.21. The number of nitrogens with one attached hydrogen (secondary N) is 1. The molecule has 6 rings (SSSR count). The molecule has 5 aliphatic rings. The number of aliphatic hydroxyl groups is 1. The topological polar surface area (TPSA) is 92.0 Å². The van der Waals surface area contributed by atoms with Crippen LogP contribution in [0.1, 0.15) is 76.7 Å². The second kappa shape index (κ2) is 8.73. The summed E-state index contributed by atoms with van der Waals surface area (Å²) in [4.78, 5) is 26.0. The molecule has 0 aromatic carbocycles. The second-order valence-corrected chi connectivity index (χ2v) is 12.4. The van der Waals surface area contributed by atoms with Crippen LogP contribution in [0.4, 0.5) is 4.79 Å². The Kier molecular flexibility index (Phi) is 5.87. The lowest BCUT2D eigenvalue weighted by Crippen LogP contribution is -2.60. The Morgan fingerprint density at radius 3 is 2.64 bits per heavy atom. The zero-order valence-electron chi connectivity index (χ0n) is 21.6. The van der Waals surface area contributed by atoms with Crippen LogP contribution in [-0.2, 0) is 4.74 Å². The maximum atomic E-state index is 12.7. The van der Waals surface area contributed by atoms with Crippen LogP contribution in [0.15, 0.2) is 39.3 Å². The number of hydrogen-bond donors (Lipinski definition) is 2. The molecule has 4 aliphatic carbocycles. The fourth-order valence-electron chi connectivity index (χ4n) is 8.91. The molecule has 1 aromatic heterocycles. The third-order valence-electron chi connectivity index (χ3n) is 11.0. The first-order valence-corrected chi connectivity index (χ1v) is 13.9. The van der Waals surface area contributed by atoms with Crippen LogP contribution in [-0.4, -0.2) is 54.0 Å². The van der Waals surface area contributed by atoms with E-state index in [2.05, 4.69) is 25.2 Å². The van der Waals surface area contributed by atoms with Gasteiger partial charge in [-0.05, 0) is 92.2 Å². The van der Waals surface area contributed by atoms with E-state index in [4.69, 9.17) is 9.15 Å². The van der Waals surface area contributed by atoms with Crippen LogP contribution in [0.5, 0.6) is 0 Å². The molecule has 7 unspecified atom stereocenters. The maximum absolute atomic E-state index is 12.7. The second-order valence-electron chi connectivity index (χ2n) is 12.4. The Bertz CT molecular complexity index is 1090. The van der Waals surface area contributed by atoms with Crippen LogP contribution in [0.2, 0.25) is 0 Å². The third-order valence-corrected chi connectivity index (χ3v) is 11.0. The van der Waals surface area contributed by atoms with E-state index in [9.17, 15) is 14.7 Å². The Morgan fingerprint density at radius 1 is 1.08 bits per heavy atom. The number of piperazine rings is 1. The Labute approximate surface area is 213 Å². The molecule has 196 valence electrons. The van der Waals surface area contributed by atoms with Crippen molar-refractivity contribution in [1.29, 1.82) is 0 Å². The number of rotatable bonds is 2. The first-order chi connectivity index (χ1) is 17.2. The molecule has 2 N–H and O–H groups in total. The van der Waals surface area contributed by atoms with Gasteiger partial charge >= 0.3 is 11.7 Å². The van der Waals surface area contributed by atoms with Gasteiger partial charge in [-0.15, -0.1) is 0 Å². The minimum atomic E-state index is -0.711. The summed E-state index contributed by atoms with van der Waals surface area (Å²) >= 11 is 0. The minimum absolute atomic E-state index is 0.0511. The standard InChI is InChI=1S/C29H40N2O5/c1-27-10-7-21(36-26(33)31-15-13-30-14-16-31)17-20(27)4-5-24-23(27)8-11-28(2)22(9-12-29(24,28)34)19-3-6-25(32)35-18-19/h3,6,17-18,21-24,30,34H,4-5,7-16H2,1-2H3. The summed E-state index contributed by atoms with van der Waals surface area (Å²) in [5.41, 5.74) is 1.27. The average Bonchev–Trinajstić information content (AvgIpc) is 3.16. The number of ether oxygens (including phenoxy) is 1. The molecule has 1 amide bonds. The summed E-state index contributed by atoms with van der Waals surface area (Å²) < 4.78 is 11.2. The SMILES string of the molecule is CC12CCC(OC(=O)N3CCNCC3)C=C1CCC1C2CCC2(C)C(c3ccc(=O)oc3)CCC12O. The van der Waals surface area contributed by atoms with Gasteiger partial charge in [-0.1, -0.05) is 19.4 Å². The molecule has 4 fully saturated rings. The van der Waals surface area contributed by atoms with Gasteiger partial charge < -0.3 is 24.5 Å². The molecule has 36 heavy (non-hydrogen) atoms. The molecule has 7 nitrogen and oxygen atoms in total. The largest absolute Gasteiger partial charge is 0.442 e. The summed E-state index contributed by atoms with van der Waals surface area (Å²) in [5.74, 6) is 0.907. The van der Waals surface area contributed by atoms with Crippen LogP contribution in [0.3, 0.4) is 0 Å². The van der Waals surface area contributed by atoms with Crippen molar-refractivity contribution in [2.45, 2.75) is 82.8 Å². The molecule has 7 atom stereocenters. The number of nitrogens with zero attached hydrogens (tertiary/aromatic N) is 1. The fourth-order valence-corrected chi connectivity index (χ4v) is 8.91. The molecule has 1 aliphatic heterocycles. The van der Waals surface area contributed by atoms with E-state index >= 15 is 0 Å². The predicted molar refractivity (Wildman–Crippen MR) is 136 cm³/mol. The Balaban J connectivity index is 1.21. The monoisotopic (exact) mass is 496 g/mol. The zero-order valence-corrected chi connectivity index (χ0v) is 21.6. The van der Waals surface area contributed by atoms with Crippen LogP contribution in [0, 0.1) is 22.7 Å². The highest BCUT2D eigenvalue weighted by Gasteiger charge is 2.66. The normalized spacial score (nSPS) is 42.1. The summed E-state index contributed by atoms with van der Waals surface area (Å²) in [5, 5.41) is 15.7. The smallest absolute Gasteiger partial charge is 0.410 e. The van der Waals surface area contributed by atoms with E-state index < -0.39 is 5.60 Å². The molecule has 7 heteroatoms. The van der Waals surface area contributed by atoms with Crippen LogP contribution in [0.25, 0.3) is 0 Å². The van der Waals surface area contributed by atoms with E-state index in [0.717, 1.165) is 70.0 Å². The number of fused-ring (bicyclic) bond motifs is 5. The van der Waals surface area contributed by atoms with Gasteiger partial charge in [0.15, 0.2) is 0 Å². The maximum Gasteiger partial charge on any atom is 0.410 e. The quantitative estimate of drug-likeness (QED) is 0.596. The molecule has 2 heterocycles. The lowest BCUT2D eigenvalue weighted by Gasteiger charge is -2.61. The van der Waals surface area contributed by atoms with Gasteiger partial charge in [0.05, 0.1) is 11.9 Å². The molecular formula is C29H40N2O5. The molecule has 0 bridgehead atoms. The lowest BCUT2D eigenvalue weighted by molar-refractivity contribution is -0.178. The van der Waals surface area contributed by atoms with Gasteiger partial charge in [-0.25, -0.2) is 9.59 Å². The van der Waals surface area contributed by atoms with Crippen molar-refractivity contribution < 1.29 is 19.1 Å². The summed E-state index contributed by atoms with van der Waals surface area (Å²) in [6.45, 7) is 7.72. The van der Waals surface area contributed by atoms with Crippen molar-refractivity contribution in [2.24, 2.45) is 22.7 Å². The first kappa shape index (κ1) is 24.2. The first-order valence-electron chi connectivity index (χ1n) is 13.9. The minimum Gasteiger partial charge on any atom is -0.442 e. The van der Waals surface area contributed by atoms with Crippen LogP contribution >= 0.6 is 0 Å². The average molecular weight is 497 g/mol. The fraction of sp³-hybridized carbons (Fsp3) is 0.724. The molecule has 0 radical (unpaired) electrons. The van der Waals surface area contributed by atoms with Gasteiger partial charge in [-0.3, -0.25) is 0 Å². The summed E-state index contributed by atoms with van der Waals surface area (Å²) in [6, 6.07) is 3.40. The van der Waals surface area contributed by atoms with Gasteiger partial charge in [0.25, 0.3) is 0 Å². The molecular weight excluding hydrogens is 456 g/mol. The van der Waals surface area contributed by atoms with E-state index in [1.54, 1.807) is 6.26 Å². The zero-order chi connectivity index (χ0) is 25.1. The highest BCUT2D eigenvalue weighted by atomic mass is 16.6. The third kappa shape index (κ3) is 3.60. The number of carbonyl (C=O) groups excluding carboxylic acids is 1. The van der Waals surface area contributed by atoms with Gasteiger partial charge in [0.1, 0.15) is 6.10 Å².